The number of benzene rings is 2. The van der Waals surface area contributed by atoms with Gasteiger partial charge in [-0.05, 0) is 12.5 Å². The number of rotatable bonds is 8. The lowest BCUT2D eigenvalue weighted by Gasteiger charge is -2.27. The average molecular weight is 488 g/mol. The van der Waals surface area contributed by atoms with Crippen LogP contribution in [-0.4, -0.2) is 43.8 Å². The minimum Gasteiger partial charge on any atom is -0.394 e. The van der Waals surface area contributed by atoms with Gasteiger partial charge in [-0.25, -0.2) is 4.98 Å². The van der Waals surface area contributed by atoms with E-state index >= 15 is 0 Å². The lowest BCUT2D eigenvalue weighted by Crippen LogP contribution is -2.32. The Hall–Kier alpha value is -3.33. The number of fused-ring (bicyclic) bond motifs is 1. The fourth-order valence-corrected chi connectivity index (χ4v) is 5.51. The van der Waals surface area contributed by atoms with Gasteiger partial charge in [-0.3, -0.25) is 14.4 Å². The summed E-state index contributed by atoms with van der Waals surface area (Å²) in [6.07, 6.45) is 2.74. The molecule has 35 heavy (non-hydrogen) atoms. The minimum atomic E-state index is -0.180. The summed E-state index contributed by atoms with van der Waals surface area (Å²) in [5.74, 6) is -0.180. The van der Waals surface area contributed by atoms with Gasteiger partial charge < -0.3 is 10.4 Å². The first-order chi connectivity index (χ1) is 17.1. The van der Waals surface area contributed by atoms with Gasteiger partial charge in [0.2, 0.25) is 0 Å². The zero-order chi connectivity index (χ0) is 24.2. The molecular weight excluding hydrogens is 458 g/mol. The molecule has 0 bridgehead atoms. The topological polar surface area (TPSA) is 83.3 Å². The molecule has 7 nitrogen and oxygen atoms in total. The highest BCUT2D eigenvalue weighted by Crippen LogP contribution is 2.29. The zero-order valence-electron chi connectivity index (χ0n) is 19.7. The molecule has 0 unspecified atom stereocenters. The second-order valence-corrected chi connectivity index (χ2v) is 9.90. The van der Waals surface area contributed by atoms with Crippen molar-refractivity contribution in [2.75, 3.05) is 13.2 Å². The second kappa shape index (κ2) is 10.5. The normalized spacial score (nSPS) is 14.5. The third kappa shape index (κ3) is 5.19. The summed E-state index contributed by atoms with van der Waals surface area (Å²) in [6.45, 7) is 4.63. The van der Waals surface area contributed by atoms with Crippen molar-refractivity contribution >= 4 is 17.2 Å². The van der Waals surface area contributed by atoms with Crippen LogP contribution in [0, 0.1) is 0 Å². The summed E-state index contributed by atoms with van der Waals surface area (Å²) in [6, 6.07) is 20.0. The van der Waals surface area contributed by atoms with Crippen molar-refractivity contribution in [2.45, 2.75) is 39.0 Å². The number of nitrogens with zero attached hydrogens (tertiary/aromatic N) is 4. The zero-order valence-corrected chi connectivity index (χ0v) is 20.5. The van der Waals surface area contributed by atoms with Crippen LogP contribution < -0.4 is 5.32 Å². The van der Waals surface area contributed by atoms with Crippen molar-refractivity contribution in [3.63, 3.8) is 0 Å². The van der Waals surface area contributed by atoms with Crippen LogP contribution in [0.15, 0.2) is 66.9 Å². The number of nitrogens with one attached hydrogen (secondary N) is 1. The van der Waals surface area contributed by atoms with Gasteiger partial charge in [0.05, 0.1) is 19.2 Å². The lowest BCUT2D eigenvalue weighted by atomic mass is 10.0. The summed E-state index contributed by atoms with van der Waals surface area (Å²) >= 11 is 1.70. The molecule has 3 heterocycles. The van der Waals surface area contributed by atoms with Crippen LogP contribution in [0.4, 0.5) is 0 Å². The SMILES string of the molecule is C[C@H](NC(=O)c1nn(CCO)c2c1CN(Cc1cnc(-c3ccccc3)s1)CC2)c1ccccc1. The van der Waals surface area contributed by atoms with Crippen LogP contribution in [0.25, 0.3) is 10.6 Å². The monoisotopic (exact) mass is 487 g/mol. The highest BCUT2D eigenvalue weighted by Gasteiger charge is 2.29. The molecule has 1 aliphatic heterocycles. The summed E-state index contributed by atoms with van der Waals surface area (Å²) in [5.41, 5.74) is 4.62. The molecule has 2 aromatic heterocycles. The maximum Gasteiger partial charge on any atom is 0.272 e. The number of carbonyl (C=O) groups excluding carboxylic acids is 1. The van der Waals surface area contributed by atoms with Crippen LogP contribution in [-0.2, 0) is 26.1 Å². The number of hydrogen-bond donors (Lipinski definition) is 2. The highest BCUT2D eigenvalue weighted by molar-refractivity contribution is 7.15. The Morgan fingerprint density at radius 1 is 1.14 bits per heavy atom. The summed E-state index contributed by atoms with van der Waals surface area (Å²) in [5, 5.41) is 18.3. The van der Waals surface area contributed by atoms with E-state index in [0.29, 0.717) is 18.8 Å². The molecule has 4 aromatic rings. The van der Waals surface area contributed by atoms with Crippen LogP contribution in [0.3, 0.4) is 0 Å². The summed E-state index contributed by atoms with van der Waals surface area (Å²) in [7, 11) is 0. The van der Waals surface area contributed by atoms with Crippen molar-refractivity contribution in [3.05, 3.63) is 94.3 Å². The van der Waals surface area contributed by atoms with Crippen molar-refractivity contribution < 1.29 is 9.90 Å². The van der Waals surface area contributed by atoms with E-state index in [4.69, 9.17) is 0 Å². The smallest absolute Gasteiger partial charge is 0.272 e. The van der Waals surface area contributed by atoms with Crippen LogP contribution in [0.1, 0.15) is 45.2 Å². The standard InChI is InChI=1S/C27H29N5O2S/c1-19(20-8-4-2-5-9-20)29-26(34)25-23-18-31(13-12-24(23)32(30-25)14-15-33)17-22-16-28-27(35-22)21-10-6-3-7-11-21/h2-11,16,19,33H,12-15,17-18H2,1H3,(H,29,34)/t19-/m0/s1. The Kier molecular flexibility index (Phi) is 7.03. The Morgan fingerprint density at radius 3 is 2.63 bits per heavy atom. The van der Waals surface area contributed by atoms with Crippen molar-refractivity contribution in [2.24, 2.45) is 0 Å². The van der Waals surface area contributed by atoms with Crippen LogP contribution >= 0.6 is 11.3 Å². The number of aliphatic hydroxyl groups excluding tert-OH is 1. The van der Waals surface area contributed by atoms with Gasteiger partial charge in [0, 0.05) is 53.9 Å². The fourth-order valence-electron chi connectivity index (χ4n) is 4.55. The molecule has 180 valence electrons. The molecular formula is C27H29N5O2S. The Balaban J connectivity index is 1.33. The number of aromatic nitrogens is 3. The number of hydrogen-bond acceptors (Lipinski definition) is 6. The van der Waals surface area contributed by atoms with E-state index in [-0.39, 0.29) is 18.6 Å². The van der Waals surface area contributed by atoms with Gasteiger partial charge in [0.15, 0.2) is 5.69 Å². The Labute approximate surface area is 209 Å². The molecule has 0 saturated heterocycles. The molecule has 0 spiro atoms. The van der Waals surface area contributed by atoms with E-state index in [9.17, 15) is 9.90 Å². The molecule has 2 N–H and O–H groups in total. The predicted molar refractivity (Wildman–Crippen MR) is 137 cm³/mol. The van der Waals surface area contributed by atoms with E-state index in [0.717, 1.165) is 46.9 Å². The number of amides is 1. The Bertz CT molecular complexity index is 1290. The Morgan fingerprint density at radius 2 is 1.89 bits per heavy atom. The average Bonchev–Trinajstić information content (AvgIpc) is 3.50. The largest absolute Gasteiger partial charge is 0.394 e. The van der Waals surface area contributed by atoms with Crippen molar-refractivity contribution in [3.8, 4) is 10.6 Å². The number of aliphatic hydroxyl groups is 1. The fraction of sp³-hybridized carbons (Fsp3) is 0.296. The maximum absolute atomic E-state index is 13.3. The van der Waals surface area contributed by atoms with E-state index in [1.54, 1.807) is 16.0 Å². The molecule has 2 aromatic carbocycles. The van der Waals surface area contributed by atoms with Gasteiger partial charge in [-0.2, -0.15) is 5.10 Å². The van der Waals surface area contributed by atoms with Crippen LogP contribution in [0.2, 0.25) is 0 Å². The summed E-state index contributed by atoms with van der Waals surface area (Å²) in [4.78, 5) is 21.4. The van der Waals surface area contributed by atoms with Gasteiger partial charge in [0.25, 0.3) is 5.91 Å². The van der Waals surface area contributed by atoms with Gasteiger partial charge in [-0.1, -0.05) is 60.7 Å². The van der Waals surface area contributed by atoms with Crippen LogP contribution in [0.5, 0.6) is 0 Å². The summed E-state index contributed by atoms with van der Waals surface area (Å²) < 4.78 is 1.80. The minimum absolute atomic E-state index is 0.0115. The lowest BCUT2D eigenvalue weighted by molar-refractivity contribution is 0.0931. The first kappa shape index (κ1) is 23.4. The second-order valence-electron chi connectivity index (χ2n) is 8.78. The molecule has 0 fully saturated rings. The molecule has 1 aliphatic rings. The molecule has 0 aliphatic carbocycles. The first-order valence-corrected chi connectivity index (χ1v) is 12.7. The van der Waals surface area contributed by atoms with Crippen molar-refractivity contribution in [1.29, 1.82) is 0 Å². The van der Waals surface area contributed by atoms with Gasteiger partial charge in [-0.15, -0.1) is 11.3 Å². The molecule has 0 saturated carbocycles. The number of thiazole rings is 1. The van der Waals surface area contributed by atoms with E-state index in [1.165, 1.54) is 4.88 Å². The molecule has 0 radical (unpaired) electrons. The molecule has 1 atom stereocenters. The third-order valence-electron chi connectivity index (χ3n) is 6.34. The van der Waals surface area contributed by atoms with E-state index in [1.807, 2.05) is 61.7 Å². The molecule has 5 rings (SSSR count). The van der Waals surface area contributed by atoms with Crippen molar-refractivity contribution in [1.82, 2.24) is 25.0 Å². The van der Waals surface area contributed by atoms with Gasteiger partial charge >= 0.3 is 0 Å². The van der Waals surface area contributed by atoms with E-state index < -0.39 is 0 Å². The van der Waals surface area contributed by atoms with Gasteiger partial charge in [0.1, 0.15) is 5.01 Å². The maximum atomic E-state index is 13.3. The molecule has 1 amide bonds. The third-order valence-corrected chi connectivity index (χ3v) is 7.37. The highest BCUT2D eigenvalue weighted by atomic mass is 32.1. The quantitative estimate of drug-likeness (QED) is 0.392. The first-order valence-electron chi connectivity index (χ1n) is 11.9. The number of carbonyl (C=O) groups is 1. The van der Waals surface area contributed by atoms with E-state index in [2.05, 4.69) is 32.4 Å². The molecule has 8 heteroatoms. The predicted octanol–water partition coefficient (Wildman–Crippen LogP) is 4.05.